The summed E-state index contributed by atoms with van der Waals surface area (Å²) in [6, 6.07) is 11.6. The maximum atomic E-state index is 12.8. The number of hydrogen-bond donors (Lipinski definition) is 0. The first-order chi connectivity index (χ1) is 10.0. The van der Waals surface area contributed by atoms with Gasteiger partial charge in [-0.3, -0.25) is 4.79 Å². The first-order valence-corrected chi connectivity index (χ1v) is 8.09. The van der Waals surface area contributed by atoms with Crippen molar-refractivity contribution < 1.29 is 4.79 Å². The van der Waals surface area contributed by atoms with Gasteiger partial charge in [0.1, 0.15) is 0 Å². The number of amides is 1. The fourth-order valence-electron chi connectivity index (χ4n) is 2.77. The lowest BCUT2D eigenvalue weighted by atomic mass is 9.99. The molecule has 21 heavy (non-hydrogen) atoms. The van der Waals surface area contributed by atoms with Crippen molar-refractivity contribution in [2.75, 3.05) is 11.4 Å². The molecule has 1 amide bonds. The predicted molar refractivity (Wildman–Crippen MR) is 90.3 cm³/mol. The van der Waals surface area contributed by atoms with E-state index in [2.05, 4.69) is 35.0 Å². The molecule has 0 spiro atoms. The van der Waals surface area contributed by atoms with E-state index >= 15 is 0 Å². The maximum absolute atomic E-state index is 12.8. The molecule has 2 aromatic rings. The van der Waals surface area contributed by atoms with Crippen LogP contribution in [0.15, 0.2) is 40.9 Å². The predicted octanol–water partition coefficient (Wildman–Crippen LogP) is 5.00. The summed E-state index contributed by atoms with van der Waals surface area (Å²) in [7, 11) is 0. The van der Waals surface area contributed by atoms with Gasteiger partial charge in [-0.05, 0) is 49.6 Å². The van der Waals surface area contributed by atoms with Crippen molar-refractivity contribution in [1.82, 2.24) is 0 Å². The SMILES string of the molecule is Cc1ccc2c(c1)CCCN2C(=O)c1cc(Cl)cc(Br)c1. The number of hydrogen-bond acceptors (Lipinski definition) is 1. The smallest absolute Gasteiger partial charge is 0.258 e. The number of carbonyl (C=O) groups excluding carboxylic acids is 1. The molecule has 1 aliphatic rings. The van der Waals surface area contributed by atoms with Gasteiger partial charge >= 0.3 is 0 Å². The molecule has 0 saturated heterocycles. The second-order valence-corrected chi connectivity index (χ2v) is 6.70. The van der Waals surface area contributed by atoms with Gasteiger partial charge in [0.2, 0.25) is 0 Å². The van der Waals surface area contributed by atoms with Crippen LogP contribution in [0.25, 0.3) is 0 Å². The summed E-state index contributed by atoms with van der Waals surface area (Å²) >= 11 is 9.44. The van der Waals surface area contributed by atoms with Gasteiger partial charge in [-0.25, -0.2) is 0 Å². The molecule has 0 unspecified atom stereocenters. The van der Waals surface area contributed by atoms with Crippen molar-refractivity contribution in [2.24, 2.45) is 0 Å². The average Bonchev–Trinajstić information content (AvgIpc) is 2.44. The molecular formula is C17H15BrClNO. The van der Waals surface area contributed by atoms with Crippen LogP contribution in [-0.2, 0) is 6.42 Å². The molecule has 4 heteroatoms. The van der Waals surface area contributed by atoms with E-state index in [-0.39, 0.29) is 5.91 Å². The van der Waals surface area contributed by atoms with E-state index in [0.29, 0.717) is 10.6 Å². The number of nitrogens with zero attached hydrogens (tertiary/aromatic N) is 1. The number of halogens is 2. The van der Waals surface area contributed by atoms with Crippen LogP contribution in [0.1, 0.15) is 27.9 Å². The first kappa shape index (κ1) is 14.6. The van der Waals surface area contributed by atoms with E-state index < -0.39 is 0 Å². The number of anilines is 1. The van der Waals surface area contributed by atoms with E-state index in [0.717, 1.165) is 29.5 Å². The molecule has 1 aliphatic heterocycles. The molecule has 1 heterocycles. The van der Waals surface area contributed by atoms with Crippen molar-refractivity contribution in [1.29, 1.82) is 0 Å². The Hall–Kier alpha value is -1.32. The summed E-state index contributed by atoms with van der Waals surface area (Å²) in [6.07, 6.45) is 2.02. The Morgan fingerprint density at radius 3 is 2.81 bits per heavy atom. The summed E-state index contributed by atoms with van der Waals surface area (Å²) in [5, 5.41) is 0.564. The Morgan fingerprint density at radius 2 is 2.05 bits per heavy atom. The van der Waals surface area contributed by atoms with Gasteiger partial charge in [0.05, 0.1) is 0 Å². The number of rotatable bonds is 1. The summed E-state index contributed by atoms with van der Waals surface area (Å²) < 4.78 is 0.819. The summed E-state index contributed by atoms with van der Waals surface area (Å²) in [4.78, 5) is 14.7. The van der Waals surface area contributed by atoms with Crippen LogP contribution >= 0.6 is 27.5 Å². The molecule has 0 saturated carbocycles. The summed E-state index contributed by atoms with van der Waals surface area (Å²) in [6.45, 7) is 2.83. The number of fused-ring (bicyclic) bond motifs is 1. The Labute approximate surface area is 137 Å². The van der Waals surface area contributed by atoms with Crippen molar-refractivity contribution in [3.8, 4) is 0 Å². The van der Waals surface area contributed by atoms with Crippen molar-refractivity contribution >= 4 is 39.1 Å². The van der Waals surface area contributed by atoms with Gasteiger partial charge in [0.15, 0.2) is 0 Å². The molecular weight excluding hydrogens is 350 g/mol. The Bertz CT molecular complexity index is 694. The van der Waals surface area contributed by atoms with E-state index in [1.54, 1.807) is 12.1 Å². The van der Waals surface area contributed by atoms with E-state index in [4.69, 9.17) is 11.6 Å². The van der Waals surface area contributed by atoms with Crippen molar-refractivity contribution in [3.63, 3.8) is 0 Å². The second-order valence-electron chi connectivity index (χ2n) is 5.35. The van der Waals surface area contributed by atoms with Crippen LogP contribution in [0.2, 0.25) is 5.02 Å². The lowest BCUT2D eigenvalue weighted by molar-refractivity contribution is 0.0985. The van der Waals surface area contributed by atoms with Crippen LogP contribution in [-0.4, -0.2) is 12.5 Å². The number of carbonyl (C=O) groups is 1. The minimum absolute atomic E-state index is 0.00278. The quantitative estimate of drug-likeness (QED) is 0.697. The van der Waals surface area contributed by atoms with E-state index in [9.17, 15) is 4.79 Å². The maximum Gasteiger partial charge on any atom is 0.258 e. The van der Waals surface area contributed by atoms with Gasteiger partial charge in [0, 0.05) is 27.3 Å². The normalized spacial score (nSPS) is 14.0. The largest absolute Gasteiger partial charge is 0.308 e. The summed E-state index contributed by atoms with van der Waals surface area (Å²) in [5.41, 5.74) is 4.11. The minimum atomic E-state index is 0.00278. The highest BCUT2D eigenvalue weighted by Gasteiger charge is 2.23. The van der Waals surface area contributed by atoms with Gasteiger partial charge in [-0.2, -0.15) is 0 Å². The molecule has 2 nitrogen and oxygen atoms in total. The fraction of sp³-hybridized carbons (Fsp3) is 0.235. The average molecular weight is 365 g/mol. The molecule has 0 aromatic heterocycles. The molecule has 2 aromatic carbocycles. The minimum Gasteiger partial charge on any atom is -0.308 e. The molecule has 0 bridgehead atoms. The van der Waals surface area contributed by atoms with E-state index in [1.807, 2.05) is 17.0 Å². The third-order valence-electron chi connectivity index (χ3n) is 3.71. The fourth-order valence-corrected chi connectivity index (χ4v) is 3.63. The Balaban J connectivity index is 2.00. The number of benzene rings is 2. The lowest BCUT2D eigenvalue weighted by Gasteiger charge is -2.30. The molecule has 0 radical (unpaired) electrons. The van der Waals surface area contributed by atoms with Gasteiger partial charge in [-0.15, -0.1) is 0 Å². The topological polar surface area (TPSA) is 20.3 Å². The Morgan fingerprint density at radius 1 is 1.24 bits per heavy atom. The highest BCUT2D eigenvalue weighted by Crippen LogP contribution is 2.30. The zero-order valence-electron chi connectivity index (χ0n) is 11.7. The number of aryl methyl sites for hydroxylation is 2. The monoisotopic (exact) mass is 363 g/mol. The van der Waals surface area contributed by atoms with Crippen LogP contribution < -0.4 is 4.90 Å². The highest BCUT2D eigenvalue weighted by molar-refractivity contribution is 9.10. The van der Waals surface area contributed by atoms with Gasteiger partial charge in [-0.1, -0.05) is 45.2 Å². The zero-order valence-corrected chi connectivity index (χ0v) is 14.0. The Kier molecular flexibility index (Phi) is 4.05. The van der Waals surface area contributed by atoms with Gasteiger partial charge in [0.25, 0.3) is 5.91 Å². The first-order valence-electron chi connectivity index (χ1n) is 6.92. The molecule has 0 N–H and O–H groups in total. The van der Waals surface area contributed by atoms with E-state index in [1.165, 1.54) is 11.1 Å². The third-order valence-corrected chi connectivity index (χ3v) is 4.38. The van der Waals surface area contributed by atoms with Crippen LogP contribution in [0.4, 0.5) is 5.69 Å². The van der Waals surface area contributed by atoms with Gasteiger partial charge < -0.3 is 4.90 Å². The highest BCUT2D eigenvalue weighted by atomic mass is 79.9. The van der Waals surface area contributed by atoms with Crippen molar-refractivity contribution in [2.45, 2.75) is 19.8 Å². The van der Waals surface area contributed by atoms with Crippen molar-refractivity contribution in [3.05, 3.63) is 62.6 Å². The molecule has 108 valence electrons. The standard InChI is InChI=1S/C17H15BrClNO/c1-11-4-5-16-12(7-11)3-2-6-20(16)17(21)13-8-14(18)10-15(19)9-13/h4-5,7-10H,2-3,6H2,1H3. The molecule has 0 fully saturated rings. The van der Waals surface area contributed by atoms with Crippen LogP contribution in [0.5, 0.6) is 0 Å². The van der Waals surface area contributed by atoms with Crippen LogP contribution in [0, 0.1) is 6.92 Å². The molecule has 0 aliphatic carbocycles. The molecule has 3 rings (SSSR count). The van der Waals surface area contributed by atoms with Crippen LogP contribution in [0.3, 0.4) is 0 Å². The molecule has 0 atom stereocenters. The third kappa shape index (κ3) is 2.99. The zero-order chi connectivity index (χ0) is 15.0. The summed E-state index contributed by atoms with van der Waals surface area (Å²) in [5.74, 6) is 0.00278. The second kappa shape index (κ2) is 5.82. The lowest BCUT2D eigenvalue weighted by Crippen LogP contribution is -2.35.